The van der Waals surface area contributed by atoms with Crippen LogP contribution in [0.4, 0.5) is 13.2 Å². The molecule has 0 radical (unpaired) electrons. The number of hydrogen-bond acceptors (Lipinski definition) is 7. The maximum absolute atomic E-state index is 12.2. The monoisotopic (exact) mass is 512 g/mol. The number of ether oxygens (including phenoxy) is 1. The molecule has 0 spiro atoms. The topological polar surface area (TPSA) is 114 Å². The van der Waals surface area contributed by atoms with Gasteiger partial charge in [-0.2, -0.15) is 13.2 Å². The summed E-state index contributed by atoms with van der Waals surface area (Å²) >= 11 is 1.34. The van der Waals surface area contributed by atoms with Gasteiger partial charge in [0.15, 0.2) is 14.9 Å². The molecule has 0 fully saturated rings. The van der Waals surface area contributed by atoms with Gasteiger partial charge in [0, 0.05) is 28.8 Å². The largest absolute Gasteiger partial charge is 0.456 e. The van der Waals surface area contributed by atoms with Crippen LogP contribution in [-0.2, 0) is 14.6 Å². The number of alkyl halides is 3. The SMILES string of the molecule is CS(=O)(=O)c1ccc(Oc2ccc3[nH]c(C4=NCC(CC(=O)NCC(F)(F)F)S4)cc3c2)cn1. The number of sulfone groups is 1. The van der Waals surface area contributed by atoms with Crippen LogP contribution in [0.15, 0.2) is 52.6 Å². The van der Waals surface area contributed by atoms with Crippen molar-refractivity contribution in [2.24, 2.45) is 4.99 Å². The quantitative estimate of drug-likeness (QED) is 0.499. The number of benzene rings is 1. The van der Waals surface area contributed by atoms with Crippen molar-refractivity contribution in [3.05, 3.63) is 48.3 Å². The molecule has 0 aliphatic carbocycles. The van der Waals surface area contributed by atoms with Crippen molar-refractivity contribution in [3.63, 3.8) is 0 Å². The Morgan fingerprint density at radius 1 is 1.24 bits per heavy atom. The molecule has 1 amide bonds. The molecule has 1 unspecified atom stereocenters. The maximum Gasteiger partial charge on any atom is 0.405 e. The molecule has 2 N–H and O–H groups in total. The summed E-state index contributed by atoms with van der Waals surface area (Å²) < 4.78 is 65.5. The Labute approximate surface area is 196 Å². The zero-order chi connectivity index (χ0) is 24.5. The van der Waals surface area contributed by atoms with Crippen molar-refractivity contribution >= 4 is 43.5 Å². The number of nitrogens with one attached hydrogen (secondary N) is 2. The van der Waals surface area contributed by atoms with Gasteiger partial charge in [-0.1, -0.05) is 11.8 Å². The molecule has 0 bridgehead atoms. The molecule has 1 aliphatic rings. The van der Waals surface area contributed by atoms with Gasteiger partial charge < -0.3 is 15.0 Å². The summed E-state index contributed by atoms with van der Waals surface area (Å²) in [5, 5.41) is 3.10. The molecule has 0 saturated carbocycles. The number of aliphatic imine (C=N–C) groups is 1. The minimum Gasteiger partial charge on any atom is -0.456 e. The molecular formula is C21H19F3N4O4S2. The molecule has 180 valence electrons. The first-order chi connectivity index (χ1) is 16.0. The second-order valence-corrected chi connectivity index (χ2v) is 10.9. The summed E-state index contributed by atoms with van der Waals surface area (Å²) in [6.07, 6.45) is -2.09. The number of thioether (sulfide) groups is 1. The number of aromatic amines is 1. The number of pyridine rings is 1. The van der Waals surface area contributed by atoms with E-state index in [1.165, 1.54) is 30.1 Å². The molecule has 4 rings (SSSR count). The molecule has 1 aromatic carbocycles. The first kappa shape index (κ1) is 24.1. The lowest BCUT2D eigenvalue weighted by atomic mass is 10.2. The number of fused-ring (bicyclic) bond motifs is 1. The highest BCUT2D eigenvalue weighted by atomic mass is 32.2. The molecule has 34 heavy (non-hydrogen) atoms. The van der Waals surface area contributed by atoms with Crippen molar-refractivity contribution < 1.29 is 31.1 Å². The number of rotatable bonds is 7. The van der Waals surface area contributed by atoms with Crippen LogP contribution in [0.25, 0.3) is 10.9 Å². The van der Waals surface area contributed by atoms with Gasteiger partial charge in [-0.05, 0) is 36.4 Å². The first-order valence-electron chi connectivity index (χ1n) is 9.98. The van der Waals surface area contributed by atoms with Gasteiger partial charge in [-0.3, -0.25) is 9.79 Å². The van der Waals surface area contributed by atoms with Crippen molar-refractivity contribution in [1.29, 1.82) is 0 Å². The fraction of sp³-hybridized carbons (Fsp3) is 0.286. The highest BCUT2D eigenvalue weighted by molar-refractivity contribution is 8.15. The van der Waals surface area contributed by atoms with Crippen LogP contribution in [-0.4, -0.2) is 60.1 Å². The molecule has 13 heteroatoms. The molecular weight excluding hydrogens is 493 g/mol. The average Bonchev–Trinajstić information content (AvgIpc) is 3.38. The normalized spacial score (nSPS) is 16.5. The second kappa shape index (κ2) is 9.29. The van der Waals surface area contributed by atoms with E-state index in [2.05, 4.69) is 15.0 Å². The summed E-state index contributed by atoms with van der Waals surface area (Å²) in [5.41, 5.74) is 1.55. The van der Waals surface area contributed by atoms with Crippen LogP contribution in [0.5, 0.6) is 11.5 Å². The summed E-state index contributed by atoms with van der Waals surface area (Å²) in [7, 11) is -3.40. The van der Waals surface area contributed by atoms with Crippen molar-refractivity contribution in [2.45, 2.75) is 22.9 Å². The van der Waals surface area contributed by atoms with Gasteiger partial charge in [0.25, 0.3) is 0 Å². The Hall–Kier alpha value is -3.06. The Bertz CT molecular complexity index is 1350. The lowest BCUT2D eigenvalue weighted by Crippen LogP contribution is -2.35. The van der Waals surface area contributed by atoms with Crippen LogP contribution < -0.4 is 10.1 Å². The molecule has 3 aromatic rings. The summed E-state index contributed by atoms with van der Waals surface area (Å²) in [6, 6.07) is 10.1. The number of hydrogen-bond donors (Lipinski definition) is 2. The van der Waals surface area contributed by atoms with Crippen molar-refractivity contribution in [3.8, 4) is 11.5 Å². The Balaban J connectivity index is 1.39. The predicted molar refractivity (Wildman–Crippen MR) is 122 cm³/mol. The van der Waals surface area contributed by atoms with Gasteiger partial charge in [0.05, 0.1) is 18.4 Å². The van der Waals surface area contributed by atoms with Gasteiger partial charge in [0.1, 0.15) is 23.1 Å². The highest BCUT2D eigenvalue weighted by Crippen LogP contribution is 2.31. The smallest absolute Gasteiger partial charge is 0.405 e. The van der Waals surface area contributed by atoms with E-state index in [1.807, 2.05) is 17.4 Å². The number of carbonyl (C=O) groups excluding carboxylic acids is 1. The maximum atomic E-state index is 12.2. The molecule has 1 aliphatic heterocycles. The van der Waals surface area contributed by atoms with Gasteiger partial charge in [-0.15, -0.1) is 0 Å². The second-order valence-electron chi connectivity index (χ2n) is 7.62. The molecule has 1 atom stereocenters. The first-order valence-corrected chi connectivity index (χ1v) is 12.7. The Morgan fingerprint density at radius 3 is 2.68 bits per heavy atom. The molecule has 0 saturated heterocycles. The fourth-order valence-corrected chi connectivity index (χ4v) is 4.87. The van der Waals surface area contributed by atoms with E-state index in [4.69, 9.17) is 4.74 Å². The summed E-state index contributed by atoms with van der Waals surface area (Å²) in [4.78, 5) is 23.3. The van der Waals surface area contributed by atoms with Crippen LogP contribution in [0.1, 0.15) is 12.1 Å². The van der Waals surface area contributed by atoms with Crippen LogP contribution in [0, 0.1) is 0 Å². The molecule has 2 aromatic heterocycles. The Morgan fingerprint density at radius 2 is 2.00 bits per heavy atom. The van der Waals surface area contributed by atoms with E-state index in [1.54, 1.807) is 12.1 Å². The van der Waals surface area contributed by atoms with E-state index in [0.29, 0.717) is 23.1 Å². The van der Waals surface area contributed by atoms with Gasteiger partial charge >= 0.3 is 6.18 Å². The van der Waals surface area contributed by atoms with E-state index >= 15 is 0 Å². The van der Waals surface area contributed by atoms with E-state index in [-0.39, 0.29) is 16.7 Å². The number of amides is 1. The lowest BCUT2D eigenvalue weighted by Gasteiger charge is -2.10. The minimum absolute atomic E-state index is 0.0449. The zero-order valence-electron chi connectivity index (χ0n) is 17.7. The van der Waals surface area contributed by atoms with E-state index in [9.17, 15) is 26.4 Å². The number of halogens is 3. The van der Waals surface area contributed by atoms with Crippen LogP contribution >= 0.6 is 11.8 Å². The van der Waals surface area contributed by atoms with Crippen molar-refractivity contribution in [2.75, 3.05) is 19.3 Å². The predicted octanol–water partition coefficient (Wildman–Crippen LogP) is 3.69. The highest BCUT2D eigenvalue weighted by Gasteiger charge is 2.29. The van der Waals surface area contributed by atoms with E-state index in [0.717, 1.165) is 22.9 Å². The Kier molecular flexibility index (Phi) is 6.58. The zero-order valence-corrected chi connectivity index (χ0v) is 19.4. The third-order valence-corrected chi connectivity index (χ3v) is 6.99. The number of nitrogens with zero attached hydrogens (tertiary/aromatic N) is 2. The van der Waals surface area contributed by atoms with Gasteiger partial charge in [0.2, 0.25) is 5.91 Å². The standard InChI is InChI=1S/C21H19F3N4O4S2/c1-34(30,31)19-5-3-14(9-25-19)32-13-2-4-16-12(6-13)7-17(28-16)20-26-10-15(33-20)8-18(29)27-11-21(22,23)24/h2-7,9,15,28H,8,10-11H2,1H3,(H,27,29). The van der Waals surface area contributed by atoms with E-state index < -0.39 is 28.5 Å². The summed E-state index contributed by atoms with van der Waals surface area (Å²) in [5.74, 6) is 0.237. The minimum atomic E-state index is -4.44. The van der Waals surface area contributed by atoms with Gasteiger partial charge in [-0.25, -0.2) is 13.4 Å². The van der Waals surface area contributed by atoms with Crippen LogP contribution in [0.3, 0.4) is 0 Å². The number of carbonyl (C=O) groups is 1. The molecule has 8 nitrogen and oxygen atoms in total. The lowest BCUT2D eigenvalue weighted by molar-refractivity contribution is -0.138. The third-order valence-electron chi connectivity index (χ3n) is 4.76. The number of H-pyrrole nitrogens is 1. The summed E-state index contributed by atoms with van der Waals surface area (Å²) in [6.45, 7) is -1.01. The molecule has 3 heterocycles. The van der Waals surface area contributed by atoms with Crippen LogP contribution in [0.2, 0.25) is 0 Å². The van der Waals surface area contributed by atoms with Crippen molar-refractivity contribution in [1.82, 2.24) is 15.3 Å². The third kappa shape index (κ3) is 6.08. The fourth-order valence-electron chi connectivity index (χ4n) is 3.22. The average molecular weight is 513 g/mol. The number of aromatic nitrogens is 2.